The first-order valence-corrected chi connectivity index (χ1v) is 8.41. The van der Waals surface area contributed by atoms with Gasteiger partial charge in [-0.3, -0.25) is 0 Å². The number of para-hydroxylation sites is 1. The normalized spacial score (nSPS) is 15.2. The van der Waals surface area contributed by atoms with Crippen molar-refractivity contribution >= 4 is 28.2 Å². The van der Waals surface area contributed by atoms with Crippen LogP contribution in [0.3, 0.4) is 0 Å². The van der Waals surface area contributed by atoms with E-state index in [0.29, 0.717) is 16.4 Å². The molecular formula is C17H11ClF3N5. The smallest absolute Gasteiger partial charge is 0.213 e. The molecule has 0 unspecified atom stereocenters. The summed E-state index contributed by atoms with van der Waals surface area (Å²) in [6.45, 7) is 0. The predicted molar refractivity (Wildman–Crippen MR) is 89.6 cm³/mol. The number of hydrogen-bond acceptors (Lipinski definition) is 3. The van der Waals surface area contributed by atoms with Gasteiger partial charge in [-0.1, -0.05) is 29.8 Å². The minimum Gasteiger partial charge on any atom is -0.213 e. The van der Waals surface area contributed by atoms with Crippen LogP contribution in [0.25, 0.3) is 22.4 Å². The maximum absolute atomic E-state index is 13.1. The molecule has 5 nitrogen and oxygen atoms in total. The highest BCUT2D eigenvalue weighted by molar-refractivity contribution is 6.35. The highest BCUT2D eigenvalue weighted by Gasteiger charge is 2.37. The van der Waals surface area contributed by atoms with Gasteiger partial charge in [-0.25, -0.2) is 9.67 Å². The van der Waals surface area contributed by atoms with Crippen LogP contribution in [-0.4, -0.2) is 24.4 Å². The molecule has 0 radical (unpaired) electrons. The Morgan fingerprint density at radius 1 is 1.12 bits per heavy atom. The summed E-state index contributed by atoms with van der Waals surface area (Å²) in [6, 6.07) is 8.75. The van der Waals surface area contributed by atoms with Crippen LogP contribution < -0.4 is 0 Å². The quantitative estimate of drug-likeness (QED) is 0.512. The molecule has 3 heterocycles. The van der Waals surface area contributed by atoms with E-state index in [4.69, 9.17) is 11.6 Å². The van der Waals surface area contributed by atoms with Gasteiger partial charge in [-0.05, 0) is 30.9 Å². The molecule has 1 aromatic carbocycles. The van der Waals surface area contributed by atoms with Crippen molar-refractivity contribution < 1.29 is 13.2 Å². The fourth-order valence-corrected chi connectivity index (χ4v) is 3.45. The zero-order chi connectivity index (χ0) is 18.1. The van der Waals surface area contributed by atoms with E-state index in [1.165, 1.54) is 4.52 Å². The van der Waals surface area contributed by atoms with Crippen LogP contribution in [0, 0.1) is 0 Å². The van der Waals surface area contributed by atoms with Gasteiger partial charge in [0.2, 0.25) is 0 Å². The van der Waals surface area contributed by atoms with Crippen LogP contribution in [0.2, 0.25) is 5.02 Å². The molecule has 9 heteroatoms. The first-order valence-electron chi connectivity index (χ1n) is 8.03. The second-order valence-electron chi connectivity index (χ2n) is 6.32. The summed E-state index contributed by atoms with van der Waals surface area (Å²) < 4.78 is 42.1. The Morgan fingerprint density at radius 3 is 2.65 bits per heavy atom. The summed E-state index contributed by atoms with van der Waals surface area (Å²) >= 11 is 6.34. The van der Waals surface area contributed by atoms with E-state index in [1.54, 1.807) is 29.1 Å². The molecule has 0 atom stereocenters. The first kappa shape index (κ1) is 15.6. The van der Waals surface area contributed by atoms with E-state index in [0.717, 1.165) is 23.8 Å². The molecule has 5 rings (SSSR count). The Morgan fingerprint density at radius 2 is 1.92 bits per heavy atom. The molecule has 3 aromatic heterocycles. The predicted octanol–water partition coefficient (Wildman–Crippen LogP) is 4.62. The highest BCUT2D eigenvalue weighted by atomic mass is 35.5. The molecule has 0 amide bonds. The Hall–Kier alpha value is -2.61. The SMILES string of the molecule is FC(F)(F)c1nc2ccc(C3CC3)c(-n3ncc4cccc(Cl)c43)n2n1. The van der Waals surface area contributed by atoms with E-state index < -0.39 is 12.0 Å². The largest absolute Gasteiger partial charge is 0.453 e. The molecule has 1 aliphatic carbocycles. The number of rotatable bonds is 2. The minimum atomic E-state index is -4.62. The van der Waals surface area contributed by atoms with Crippen LogP contribution in [-0.2, 0) is 6.18 Å². The van der Waals surface area contributed by atoms with Crippen molar-refractivity contribution in [2.75, 3.05) is 0 Å². The first-order chi connectivity index (χ1) is 12.4. The van der Waals surface area contributed by atoms with Crippen molar-refractivity contribution in [2.24, 2.45) is 0 Å². The second kappa shape index (κ2) is 5.20. The Labute approximate surface area is 150 Å². The van der Waals surface area contributed by atoms with Gasteiger partial charge in [-0.15, -0.1) is 5.10 Å². The number of nitrogens with zero attached hydrogens (tertiary/aromatic N) is 5. The van der Waals surface area contributed by atoms with Gasteiger partial charge < -0.3 is 0 Å². The number of pyridine rings is 1. The zero-order valence-corrected chi connectivity index (χ0v) is 14.0. The number of fused-ring (bicyclic) bond motifs is 2. The molecule has 0 bridgehead atoms. The standard InChI is InChI=1S/C17H11ClF3N5/c18-12-3-1-2-10-8-22-26(14(10)12)15-11(9-4-5-9)6-7-13-23-16(17(19,20)21)24-25(13)15/h1-3,6-9H,4-5H2. The van der Waals surface area contributed by atoms with Gasteiger partial charge in [0.15, 0.2) is 11.5 Å². The summed E-state index contributed by atoms with van der Waals surface area (Å²) in [5.41, 5.74) is 1.64. The minimum absolute atomic E-state index is 0.118. The van der Waals surface area contributed by atoms with Crippen LogP contribution in [0.15, 0.2) is 36.5 Å². The van der Waals surface area contributed by atoms with Crippen molar-refractivity contribution in [3.8, 4) is 5.82 Å². The van der Waals surface area contributed by atoms with Crippen molar-refractivity contribution in [1.82, 2.24) is 24.4 Å². The molecule has 1 aliphatic rings. The third-order valence-corrected chi connectivity index (χ3v) is 4.82. The van der Waals surface area contributed by atoms with Gasteiger partial charge in [0, 0.05) is 10.9 Å². The number of halogens is 4. The Kier molecular flexibility index (Phi) is 3.13. The van der Waals surface area contributed by atoms with Gasteiger partial charge in [0.05, 0.1) is 16.7 Å². The number of aromatic nitrogens is 5. The van der Waals surface area contributed by atoms with E-state index in [-0.39, 0.29) is 11.6 Å². The Balaban J connectivity index is 1.87. The molecule has 0 N–H and O–H groups in total. The zero-order valence-electron chi connectivity index (χ0n) is 13.2. The third kappa shape index (κ3) is 2.28. The maximum atomic E-state index is 13.1. The number of alkyl halides is 3. The van der Waals surface area contributed by atoms with Gasteiger partial charge in [0.1, 0.15) is 0 Å². The molecule has 0 aliphatic heterocycles. The van der Waals surface area contributed by atoms with Crippen molar-refractivity contribution in [3.05, 3.63) is 52.9 Å². The molecule has 26 heavy (non-hydrogen) atoms. The third-order valence-electron chi connectivity index (χ3n) is 4.52. The van der Waals surface area contributed by atoms with E-state index in [1.807, 2.05) is 12.1 Å². The van der Waals surface area contributed by atoms with E-state index in [2.05, 4.69) is 15.2 Å². The second-order valence-corrected chi connectivity index (χ2v) is 6.73. The van der Waals surface area contributed by atoms with Crippen LogP contribution >= 0.6 is 11.6 Å². The van der Waals surface area contributed by atoms with E-state index in [9.17, 15) is 13.2 Å². The fraction of sp³-hybridized carbons (Fsp3) is 0.235. The lowest BCUT2D eigenvalue weighted by atomic mass is 10.1. The average Bonchev–Trinajstić information content (AvgIpc) is 3.17. The van der Waals surface area contributed by atoms with Crippen LogP contribution in [0.1, 0.15) is 30.1 Å². The van der Waals surface area contributed by atoms with Gasteiger partial charge >= 0.3 is 6.18 Å². The summed E-state index contributed by atoms with van der Waals surface area (Å²) in [4.78, 5) is 3.63. The molecule has 1 saturated carbocycles. The molecule has 0 spiro atoms. The van der Waals surface area contributed by atoms with E-state index >= 15 is 0 Å². The van der Waals surface area contributed by atoms with Crippen molar-refractivity contribution in [1.29, 1.82) is 0 Å². The number of hydrogen-bond donors (Lipinski definition) is 0. The molecular weight excluding hydrogens is 367 g/mol. The summed E-state index contributed by atoms with van der Waals surface area (Å²) in [5, 5.41) is 9.37. The number of benzene rings is 1. The fourth-order valence-electron chi connectivity index (χ4n) is 3.19. The molecule has 132 valence electrons. The highest BCUT2D eigenvalue weighted by Crippen LogP contribution is 2.43. The molecule has 4 aromatic rings. The lowest BCUT2D eigenvalue weighted by Gasteiger charge is -2.12. The monoisotopic (exact) mass is 377 g/mol. The van der Waals surface area contributed by atoms with Crippen LogP contribution in [0.4, 0.5) is 13.2 Å². The summed E-state index contributed by atoms with van der Waals surface area (Å²) in [6.07, 6.45) is -1.02. The van der Waals surface area contributed by atoms with Crippen molar-refractivity contribution in [2.45, 2.75) is 24.9 Å². The molecule has 0 saturated heterocycles. The van der Waals surface area contributed by atoms with Crippen molar-refractivity contribution in [3.63, 3.8) is 0 Å². The van der Waals surface area contributed by atoms with Gasteiger partial charge in [0.25, 0.3) is 5.82 Å². The lowest BCUT2D eigenvalue weighted by Crippen LogP contribution is -2.11. The summed E-state index contributed by atoms with van der Waals surface area (Å²) in [7, 11) is 0. The maximum Gasteiger partial charge on any atom is 0.453 e. The topological polar surface area (TPSA) is 48.0 Å². The lowest BCUT2D eigenvalue weighted by molar-refractivity contribution is -0.144. The van der Waals surface area contributed by atoms with Gasteiger partial charge in [-0.2, -0.15) is 22.8 Å². The van der Waals surface area contributed by atoms with Crippen LogP contribution in [0.5, 0.6) is 0 Å². The average molecular weight is 378 g/mol. The summed E-state index contributed by atoms with van der Waals surface area (Å²) in [5.74, 6) is -0.444. The molecule has 1 fully saturated rings. The Bertz CT molecular complexity index is 1160.